The van der Waals surface area contributed by atoms with E-state index in [4.69, 9.17) is 28.4 Å². The number of hydrogen-bond donors (Lipinski definition) is 2. The van der Waals surface area contributed by atoms with Gasteiger partial charge in [-0.2, -0.15) is 5.26 Å². The zero-order valence-electron chi connectivity index (χ0n) is 30.7. The van der Waals surface area contributed by atoms with E-state index >= 15 is 0 Å². The topological polar surface area (TPSA) is 132 Å². The number of aliphatic hydroxyl groups excluding tert-OH is 1. The lowest BCUT2D eigenvalue weighted by Gasteiger charge is -2.31. The molecule has 5 atom stereocenters. The number of ether oxygens (including phenoxy) is 6. The number of rotatable bonds is 15. The van der Waals surface area contributed by atoms with E-state index in [0.29, 0.717) is 55.7 Å². The SMILES string of the molecule is CC(C)CN(Cc1ccc2c(c1)OCO2)CC(O)C(Cc1ccc(OCc2ccc(-c3ccccc3C#N)cc2)cc1)NC(=O)OC1COC2OCCC12. The van der Waals surface area contributed by atoms with Crippen LogP contribution in [0.1, 0.15) is 42.5 Å². The maximum atomic E-state index is 13.3. The first-order valence-electron chi connectivity index (χ1n) is 18.6. The summed E-state index contributed by atoms with van der Waals surface area (Å²) in [5, 5.41) is 24.3. The number of amides is 1. The van der Waals surface area contributed by atoms with E-state index in [-0.39, 0.29) is 25.6 Å². The molecule has 282 valence electrons. The summed E-state index contributed by atoms with van der Waals surface area (Å²) < 4.78 is 34.3. The lowest BCUT2D eigenvalue weighted by Crippen LogP contribution is -2.50. The summed E-state index contributed by atoms with van der Waals surface area (Å²) in [4.78, 5) is 15.5. The highest BCUT2D eigenvalue weighted by molar-refractivity contribution is 5.70. The second-order valence-electron chi connectivity index (χ2n) is 14.6. The van der Waals surface area contributed by atoms with Gasteiger partial charge in [0.2, 0.25) is 6.79 Å². The van der Waals surface area contributed by atoms with Gasteiger partial charge in [0.25, 0.3) is 0 Å². The molecule has 54 heavy (non-hydrogen) atoms. The molecular formula is C43H47N3O8. The molecule has 0 radical (unpaired) electrons. The molecule has 0 saturated carbocycles. The molecule has 0 bridgehead atoms. The first-order chi connectivity index (χ1) is 26.3. The van der Waals surface area contributed by atoms with Crippen LogP contribution in [0.5, 0.6) is 17.2 Å². The molecule has 3 aliphatic rings. The van der Waals surface area contributed by atoms with Crippen molar-refractivity contribution in [2.24, 2.45) is 11.8 Å². The largest absolute Gasteiger partial charge is 0.489 e. The smallest absolute Gasteiger partial charge is 0.407 e. The average Bonchev–Trinajstić information content (AvgIpc) is 3.93. The molecule has 3 aliphatic heterocycles. The van der Waals surface area contributed by atoms with Crippen molar-refractivity contribution in [2.45, 2.75) is 64.4 Å². The van der Waals surface area contributed by atoms with Crippen LogP contribution in [0.25, 0.3) is 11.1 Å². The Labute approximate surface area is 316 Å². The fourth-order valence-electron chi connectivity index (χ4n) is 7.32. The summed E-state index contributed by atoms with van der Waals surface area (Å²) in [6.45, 7) is 7.40. The third-order valence-corrected chi connectivity index (χ3v) is 10.0. The van der Waals surface area contributed by atoms with Crippen molar-refractivity contribution in [1.29, 1.82) is 5.26 Å². The number of carbonyl (C=O) groups excluding carboxylic acids is 1. The van der Waals surface area contributed by atoms with Gasteiger partial charge in [-0.3, -0.25) is 4.90 Å². The molecule has 1 amide bonds. The maximum absolute atomic E-state index is 13.3. The summed E-state index contributed by atoms with van der Waals surface area (Å²) in [5.41, 5.74) is 5.48. The van der Waals surface area contributed by atoms with Gasteiger partial charge in [0, 0.05) is 19.6 Å². The third-order valence-electron chi connectivity index (χ3n) is 10.0. The summed E-state index contributed by atoms with van der Waals surface area (Å²) in [7, 11) is 0. The fourth-order valence-corrected chi connectivity index (χ4v) is 7.32. The highest BCUT2D eigenvalue weighted by atomic mass is 16.7. The number of fused-ring (bicyclic) bond motifs is 2. The summed E-state index contributed by atoms with van der Waals surface area (Å²) in [6, 6.07) is 30.8. The first-order valence-corrected chi connectivity index (χ1v) is 18.6. The average molecular weight is 734 g/mol. The summed E-state index contributed by atoms with van der Waals surface area (Å²) in [5.74, 6) is 2.49. The van der Waals surface area contributed by atoms with Crippen molar-refractivity contribution in [3.05, 3.63) is 113 Å². The molecule has 3 heterocycles. The molecule has 11 heteroatoms. The van der Waals surface area contributed by atoms with E-state index in [1.807, 2.05) is 91.0 Å². The zero-order chi connectivity index (χ0) is 37.4. The van der Waals surface area contributed by atoms with Gasteiger partial charge in [-0.25, -0.2) is 4.79 Å². The van der Waals surface area contributed by atoms with Crippen LogP contribution in [0.2, 0.25) is 0 Å². The minimum Gasteiger partial charge on any atom is -0.489 e. The number of nitriles is 1. The van der Waals surface area contributed by atoms with Gasteiger partial charge in [0.15, 0.2) is 17.8 Å². The van der Waals surface area contributed by atoms with Crippen LogP contribution >= 0.6 is 0 Å². The van der Waals surface area contributed by atoms with Crippen molar-refractivity contribution < 1.29 is 38.3 Å². The number of nitrogens with zero attached hydrogens (tertiary/aromatic N) is 2. The number of hydrogen-bond acceptors (Lipinski definition) is 10. The van der Waals surface area contributed by atoms with Crippen LogP contribution in [0.4, 0.5) is 4.79 Å². The lowest BCUT2D eigenvalue weighted by atomic mass is 9.99. The number of aliphatic hydroxyl groups is 1. The van der Waals surface area contributed by atoms with Gasteiger partial charge in [-0.1, -0.05) is 74.5 Å². The lowest BCUT2D eigenvalue weighted by molar-refractivity contribution is -0.0907. The molecule has 2 fully saturated rings. The normalized spacial score (nSPS) is 19.7. The highest BCUT2D eigenvalue weighted by Gasteiger charge is 2.44. The van der Waals surface area contributed by atoms with Crippen molar-refractivity contribution in [1.82, 2.24) is 10.2 Å². The maximum Gasteiger partial charge on any atom is 0.407 e. The van der Waals surface area contributed by atoms with E-state index < -0.39 is 24.3 Å². The molecule has 4 aromatic carbocycles. The molecule has 2 N–H and O–H groups in total. The van der Waals surface area contributed by atoms with Gasteiger partial charge in [0.05, 0.1) is 42.9 Å². The second kappa shape index (κ2) is 17.3. The van der Waals surface area contributed by atoms with Crippen LogP contribution in [0, 0.1) is 23.2 Å². The monoisotopic (exact) mass is 733 g/mol. The van der Waals surface area contributed by atoms with Gasteiger partial charge in [0.1, 0.15) is 18.5 Å². The quantitative estimate of drug-likeness (QED) is 0.141. The minimum atomic E-state index is -0.910. The van der Waals surface area contributed by atoms with E-state index in [1.165, 1.54) is 0 Å². The predicted molar refractivity (Wildman–Crippen MR) is 201 cm³/mol. The van der Waals surface area contributed by atoms with Crippen LogP contribution in [-0.4, -0.2) is 73.7 Å². The van der Waals surface area contributed by atoms with E-state index in [0.717, 1.165) is 46.5 Å². The van der Waals surface area contributed by atoms with Gasteiger partial charge in [-0.15, -0.1) is 0 Å². The predicted octanol–water partition coefficient (Wildman–Crippen LogP) is 6.45. The number of alkyl carbamates (subject to hydrolysis) is 1. The van der Waals surface area contributed by atoms with Crippen LogP contribution < -0.4 is 19.5 Å². The Morgan fingerprint density at radius 2 is 1.70 bits per heavy atom. The molecule has 0 spiro atoms. The van der Waals surface area contributed by atoms with Crippen molar-refractivity contribution in [3.63, 3.8) is 0 Å². The highest BCUT2D eigenvalue weighted by Crippen LogP contribution is 2.34. The number of carbonyl (C=O) groups is 1. The summed E-state index contributed by atoms with van der Waals surface area (Å²) in [6.07, 6.45) is -1.09. The molecule has 0 aliphatic carbocycles. The summed E-state index contributed by atoms with van der Waals surface area (Å²) >= 11 is 0. The van der Waals surface area contributed by atoms with Gasteiger partial charge in [-0.05, 0) is 76.9 Å². The molecule has 5 unspecified atom stereocenters. The fraction of sp³-hybridized carbons (Fsp3) is 0.395. The Balaban J connectivity index is 1.00. The Hall–Kier alpha value is -5.12. The molecule has 2 saturated heterocycles. The number of benzene rings is 4. The zero-order valence-corrected chi connectivity index (χ0v) is 30.7. The van der Waals surface area contributed by atoms with E-state index in [9.17, 15) is 15.2 Å². The third kappa shape index (κ3) is 9.32. The van der Waals surface area contributed by atoms with Gasteiger partial charge >= 0.3 is 6.09 Å². The first kappa shape index (κ1) is 37.2. The Kier molecular flexibility index (Phi) is 12.0. The molecule has 7 rings (SSSR count). The van der Waals surface area contributed by atoms with Crippen LogP contribution in [-0.2, 0) is 33.8 Å². The number of nitrogens with one attached hydrogen (secondary N) is 1. The Morgan fingerprint density at radius 1 is 0.944 bits per heavy atom. The van der Waals surface area contributed by atoms with Crippen LogP contribution in [0.3, 0.4) is 0 Å². The van der Waals surface area contributed by atoms with Gasteiger partial charge < -0.3 is 38.8 Å². The molecular weight excluding hydrogens is 686 g/mol. The Bertz CT molecular complexity index is 1910. The van der Waals surface area contributed by atoms with Crippen molar-refractivity contribution in [3.8, 4) is 34.4 Å². The molecule has 0 aromatic heterocycles. The minimum absolute atomic E-state index is 0.00752. The standard InChI is InChI=1S/C43H47N3O8/c1-28(2)22-46(23-31-11-16-39-40(20-31)53-27-52-39)24-38(47)37(45-43(48)54-41-26-51-42-36(41)17-18-49-42)19-29-9-14-34(15-10-29)50-25-30-7-12-32(13-8-30)35-6-4-3-5-33(35)21-44/h3-16,20,28,36-38,41-42,47H,17-19,22-27H2,1-2H3,(H,45,48). The molecule has 11 nitrogen and oxygen atoms in total. The van der Waals surface area contributed by atoms with Crippen LogP contribution in [0.15, 0.2) is 91.0 Å². The van der Waals surface area contributed by atoms with Crippen molar-refractivity contribution in [2.75, 3.05) is 33.1 Å². The van der Waals surface area contributed by atoms with E-state index in [2.05, 4.69) is 30.1 Å². The van der Waals surface area contributed by atoms with Crippen molar-refractivity contribution >= 4 is 6.09 Å². The van der Waals surface area contributed by atoms with E-state index in [1.54, 1.807) is 0 Å². The Morgan fingerprint density at radius 3 is 2.50 bits per heavy atom. The second-order valence-corrected chi connectivity index (χ2v) is 14.6. The molecule has 4 aromatic rings.